The van der Waals surface area contributed by atoms with Gasteiger partial charge < -0.3 is 10.6 Å². The van der Waals surface area contributed by atoms with Gasteiger partial charge in [0.15, 0.2) is 0 Å². The van der Waals surface area contributed by atoms with Gasteiger partial charge in [0.1, 0.15) is 0 Å². The first-order valence-electron chi connectivity index (χ1n) is 9.21. The third-order valence-corrected chi connectivity index (χ3v) is 4.15. The van der Waals surface area contributed by atoms with Crippen molar-refractivity contribution in [1.82, 2.24) is 5.32 Å². The molecule has 0 atom stereocenters. The zero-order valence-electron chi connectivity index (χ0n) is 16.3. The van der Waals surface area contributed by atoms with Crippen LogP contribution < -0.4 is 10.6 Å². The highest BCUT2D eigenvalue weighted by Gasteiger charge is 2.15. The van der Waals surface area contributed by atoms with Crippen molar-refractivity contribution in [2.24, 2.45) is 0 Å². The van der Waals surface area contributed by atoms with Crippen molar-refractivity contribution in [3.05, 3.63) is 90.0 Å². The molecule has 3 aromatic carbocycles. The quantitative estimate of drug-likeness (QED) is 0.667. The summed E-state index contributed by atoms with van der Waals surface area (Å²) < 4.78 is 0. The standard InChI is InChI=1S/C24H24N2O2/c1-24(2,3)26-23(28)20-11-9-19(10-12-20)22(27)25-21-15-13-18(14-16-21)17-7-5-4-6-8-17/h4-16H,1-3H3,(H,25,27)(H,26,28). The van der Waals surface area contributed by atoms with Gasteiger partial charge in [-0.2, -0.15) is 0 Å². The van der Waals surface area contributed by atoms with Crippen LogP contribution in [0.5, 0.6) is 0 Å². The molecule has 4 heteroatoms. The van der Waals surface area contributed by atoms with Gasteiger partial charge in [0.2, 0.25) is 0 Å². The Kier molecular flexibility index (Phi) is 5.59. The van der Waals surface area contributed by atoms with E-state index >= 15 is 0 Å². The Bertz CT molecular complexity index is 954. The largest absolute Gasteiger partial charge is 0.347 e. The Hall–Kier alpha value is -3.40. The number of carbonyl (C=O) groups excluding carboxylic acids is 2. The van der Waals surface area contributed by atoms with Crippen molar-refractivity contribution in [2.45, 2.75) is 26.3 Å². The number of rotatable bonds is 4. The fraction of sp³-hybridized carbons (Fsp3) is 0.167. The van der Waals surface area contributed by atoms with Crippen molar-refractivity contribution in [2.75, 3.05) is 5.32 Å². The molecule has 0 saturated carbocycles. The average Bonchev–Trinajstić information content (AvgIpc) is 2.68. The van der Waals surface area contributed by atoms with Gasteiger partial charge in [0, 0.05) is 22.4 Å². The molecule has 0 bridgehead atoms. The molecular weight excluding hydrogens is 348 g/mol. The van der Waals surface area contributed by atoms with Gasteiger partial charge in [-0.3, -0.25) is 9.59 Å². The van der Waals surface area contributed by atoms with Crippen LogP contribution in [0.1, 0.15) is 41.5 Å². The summed E-state index contributed by atoms with van der Waals surface area (Å²) >= 11 is 0. The van der Waals surface area contributed by atoms with Crippen molar-refractivity contribution in [3.63, 3.8) is 0 Å². The lowest BCUT2D eigenvalue weighted by molar-refractivity contribution is 0.0918. The fourth-order valence-corrected chi connectivity index (χ4v) is 2.77. The van der Waals surface area contributed by atoms with Gasteiger partial charge in [-0.25, -0.2) is 0 Å². The van der Waals surface area contributed by atoms with E-state index in [1.165, 1.54) is 0 Å². The first kappa shape index (κ1) is 19.4. The summed E-state index contributed by atoms with van der Waals surface area (Å²) in [6, 6.07) is 24.4. The van der Waals surface area contributed by atoms with Gasteiger partial charge in [-0.15, -0.1) is 0 Å². The van der Waals surface area contributed by atoms with E-state index in [9.17, 15) is 9.59 Å². The Morgan fingerprint density at radius 3 is 1.68 bits per heavy atom. The predicted octanol–water partition coefficient (Wildman–Crippen LogP) is 5.13. The predicted molar refractivity (Wildman–Crippen MR) is 113 cm³/mol. The number of amides is 2. The number of hydrogen-bond donors (Lipinski definition) is 2. The van der Waals surface area contributed by atoms with E-state index in [1.54, 1.807) is 24.3 Å². The molecule has 3 aromatic rings. The van der Waals surface area contributed by atoms with Crippen LogP contribution in [0.3, 0.4) is 0 Å². The van der Waals surface area contributed by atoms with Gasteiger partial charge in [-0.1, -0.05) is 42.5 Å². The molecule has 2 amide bonds. The van der Waals surface area contributed by atoms with Crippen LogP contribution in [0, 0.1) is 0 Å². The Morgan fingerprint density at radius 1 is 0.643 bits per heavy atom. The highest BCUT2D eigenvalue weighted by Crippen LogP contribution is 2.21. The second-order valence-electron chi connectivity index (χ2n) is 7.68. The summed E-state index contributed by atoms with van der Waals surface area (Å²) in [5.74, 6) is -0.369. The molecule has 0 aliphatic rings. The minimum absolute atomic E-state index is 0.157. The molecule has 0 spiro atoms. The molecule has 3 rings (SSSR count). The van der Waals surface area contributed by atoms with Crippen LogP contribution >= 0.6 is 0 Å². The topological polar surface area (TPSA) is 58.2 Å². The number of hydrogen-bond acceptors (Lipinski definition) is 2. The van der Waals surface area contributed by atoms with Crippen molar-refractivity contribution in [3.8, 4) is 11.1 Å². The lowest BCUT2D eigenvalue weighted by Gasteiger charge is -2.20. The summed E-state index contributed by atoms with van der Waals surface area (Å²) in [6.07, 6.45) is 0. The van der Waals surface area contributed by atoms with Crippen LogP contribution in [0.2, 0.25) is 0 Å². The smallest absolute Gasteiger partial charge is 0.255 e. The van der Waals surface area contributed by atoms with Gasteiger partial charge >= 0.3 is 0 Å². The molecule has 0 aliphatic heterocycles. The maximum Gasteiger partial charge on any atom is 0.255 e. The number of carbonyl (C=O) groups is 2. The highest BCUT2D eigenvalue weighted by atomic mass is 16.2. The first-order valence-corrected chi connectivity index (χ1v) is 9.21. The highest BCUT2D eigenvalue weighted by molar-refractivity contribution is 6.05. The van der Waals surface area contributed by atoms with Crippen LogP contribution in [0.25, 0.3) is 11.1 Å². The fourth-order valence-electron chi connectivity index (χ4n) is 2.77. The molecule has 0 fully saturated rings. The van der Waals surface area contributed by atoms with Crippen LogP contribution in [0.15, 0.2) is 78.9 Å². The summed E-state index contributed by atoms with van der Waals surface area (Å²) in [7, 11) is 0. The molecular formula is C24H24N2O2. The van der Waals surface area contributed by atoms with Gasteiger partial charge in [-0.05, 0) is 68.3 Å². The van der Waals surface area contributed by atoms with Crippen LogP contribution in [-0.4, -0.2) is 17.4 Å². The molecule has 0 radical (unpaired) electrons. The lowest BCUT2D eigenvalue weighted by Crippen LogP contribution is -2.40. The number of benzene rings is 3. The first-order chi connectivity index (χ1) is 13.3. The molecule has 4 nitrogen and oxygen atoms in total. The Morgan fingerprint density at radius 2 is 1.14 bits per heavy atom. The monoisotopic (exact) mass is 372 g/mol. The maximum atomic E-state index is 12.5. The van der Waals surface area contributed by atoms with Gasteiger partial charge in [0.05, 0.1) is 0 Å². The third-order valence-electron chi connectivity index (χ3n) is 4.15. The van der Waals surface area contributed by atoms with E-state index in [-0.39, 0.29) is 17.4 Å². The SMILES string of the molecule is CC(C)(C)NC(=O)c1ccc(C(=O)Nc2ccc(-c3ccccc3)cc2)cc1. The zero-order chi connectivity index (χ0) is 20.1. The number of anilines is 1. The van der Waals surface area contributed by atoms with Crippen LogP contribution in [0.4, 0.5) is 5.69 Å². The molecule has 142 valence electrons. The second kappa shape index (κ2) is 8.09. The summed E-state index contributed by atoms with van der Waals surface area (Å²) in [6.45, 7) is 5.78. The third kappa shape index (κ3) is 5.07. The van der Waals surface area contributed by atoms with Gasteiger partial charge in [0.25, 0.3) is 11.8 Å². The summed E-state index contributed by atoms with van der Waals surface area (Å²) in [5, 5.41) is 5.79. The van der Waals surface area contributed by atoms with Crippen LogP contribution in [-0.2, 0) is 0 Å². The summed E-state index contributed by atoms with van der Waals surface area (Å²) in [4.78, 5) is 24.6. The van der Waals surface area contributed by atoms with E-state index < -0.39 is 0 Å². The van der Waals surface area contributed by atoms with E-state index in [1.807, 2.05) is 75.4 Å². The maximum absolute atomic E-state index is 12.5. The lowest BCUT2D eigenvalue weighted by atomic mass is 10.1. The van der Waals surface area contributed by atoms with Crippen molar-refractivity contribution >= 4 is 17.5 Å². The minimum atomic E-state index is -0.307. The molecule has 0 heterocycles. The van der Waals surface area contributed by atoms with E-state index in [2.05, 4.69) is 10.6 Å². The molecule has 28 heavy (non-hydrogen) atoms. The zero-order valence-corrected chi connectivity index (χ0v) is 16.3. The molecule has 0 saturated heterocycles. The normalized spacial score (nSPS) is 11.0. The molecule has 2 N–H and O–H groups in total. The van der Waals surface area contributed by atoms with Crippen molar-refractivity contribution < 1.29 is 9.59 Å². The summed E-state index contributed by atoms with van der Waals surface area (Å²) in [5.41, 5.74) is 3.66. The minimum Gasteiger partial charge on any atom is -0.347 e. The molecule has 0 aromatic heterocycles. The van der Waals surface area contributed by atoms with Crippen molar-refractivity contribution in [1.29, 1.82) is 0 Å². The van der Waals surface area contributed by atoms with E-state index in [0.29, 0.717) is 11.1 Å². The second-order valence-corrected chi connectivity index (χ2v) is 7.68. The number of nitrogens with one attached hydrogen (secondary N) is 2. The Balaban J connectivity index is 1.65. The average molecular weight is 372 g/mol. The van der Waals surface area contributed by atoms with E-state index in [4.69, 9.17) is 0 Å². The van der Waals surface area contributed by atoms with E-state index in [0.717, 1.165) is 16.8 Å². The molecule has 0 aliphatic carbocycles. The Labute approximate surface area is 165 Å². The molecule has 0 unspecified atom stereocenters.